The van der Waals surface area contributed by atoms with E-state index in [-0.39, 0.29) is 0 Å². The van der Waals surface area contributed by atoms with E-state index >= 15 is 0 Å². The number of carbonyl (C=O) groups is 1. The van der Waals surface area contributed by atoms with Crippen LogP contribution in [-0.4, -0.2) is 29.7 Å². The first-order valence-electron chi connectivity index (χ1n) is 6.79. The Kier molecular flexibility index (Phi) is 3.80. The zero-order chi connectivity index (χ0) is 14.0. The van der Waals surface area contributed by atoms with Crippen molar-refractivity contribution in [3.05, 3.63) is 29.8 Å². The number of carboxylic acids is 1. The van der Waals surface area contributed by atoms with Crippen molar-refractivity contribution in [3.63, 3.8) is 0 Å². The first-order chi connectivity index (χ1) is 8.92. The van der Waals surface area contributed by atoms with Gasteiger partial charge in [0.1, 0.15) is 5.54 Å². The Bertz CT molecular complexity index is 456. The van der Waals surface area contributed by atoms with Crippen LogP contribution in [0.25, 0.3) is 0 Å². The molecule has 0 radical (unpaired) electrons. The van der Waals surface area contributed by atoms with E-state index in [9.17, 15) is 9.90 Å². The van der Waals surface area contributed by atoms with E-state index in [2.05, 4.69) is 43.0 Å². The third kappa shape index (κ3) is 2.89. The van der Waals surface area contributed by atoms with E-state index in [0.29, 0.717) is 18.9 Å². The molecule has 1 aliphatic heterocycles. The average Bonchev–Trinajstić information content (AvgIpc) is 2.39. The molecule has 0 aromatic heterocycles. The van der Waals surface area contributed by atoms with Crippen molar-refractivity contribution in [1.82, 2.24) is 0 Å². The van der Waals surface area contributed by atoms with Gasteiger partial charge in [0.05, 0.1) is 0 Å². The molecule has 1 heterocycles. The molecule has 104 valence electrons. The largest absolute Gasteiger partial charge is 0.480 e. The van der Waals surface area contributed by atoms with E-state index < -0.39 is 11.5 Å². The number of anilines is 1. The highest BCUT2D eigenvalue weighted by atomic mass is 16.4. The molecule has 1 aliphatic rings. The minimum absolute atomic E-state index is 0.378. The Morgan fingerprint density at radius 3 is 2.53 bits per heavy atom. The lowest BCUT2D eigenvalue weighted by atomic mass is 9.90. The smallest absolute Gasteiger partial charge is 0.325 e. The quantitative estimate of drug-likeness (QED) is 0.876. The van der Waals surface area contributed by atoms with E-state index in [0.717, 1.165) is 18.7 Å². The summed E-state index contributed by atoms with van der Waals surface area (Å²) >= 11 is 0. The van der Waals surface area contributed by atoms with Crippen LogP contribution in [0.2, 0.25) is 0 Å². The van der Waals surface area contributed by atoms with Crippen LogP contribution in [0, 0.1) is 0 Å². The molecule has 0 spiro atoms. The molecule has 1 fully saturated rings. The lowest BCUT2D eigenvalue weighted by Gasteiger charge is -2.38. The number of hydrogen-bond acceptors (Lipinski definition) is 3. The number of aliphatic carboxylic acids is 1. The van der Waals surface area contributed by atoms with Gasteiger partial charge in [-0.1, -0.05) is 26.0 Å². The fourth-order valence-corrected chi connectivity index (χ4v) is 2.55. The highest BCUT2D eigenvalue weighted by molar-refractivity contribution is 5.80. The zero-order valence-corrected chi connectivity index (χ0v) is 11.6. The molecule has 0 saturated carbocycles. The van der Waals surface area contributed by atoms with Gasteiger partial charge in [0.2, 0.25) is 0 Å². The number of rotatable bonds is 3. The maximum atomic E-state index is 11.2. The fraction of sp³-hybridized carbons (Fsp3) is 0.533. The first kappa shape index (κ1) is 13.9. The van der Waals surface area contributed by atoms with E-state index in [1.165, 1.54) is 5.56 Å². The normalized spacial score (nSPS) is 23.7. The maximum Gasteiger partial charge on any atom is 0.325 e. The predicted molar refractivity (Wildman–Crippen MR) is 76.5 cm³/mol. The van der Waals surface area contributed by atoms with E-state index in [1.54, 1.807) is 0 Å². The number of piperidine rings is 1. The van der Waals surface area contributed by atoms with Crippen molar-refractivity contribution in [2.45, 2.75) is 38.1 Å². The highest BCUT2D eigenvalue weighted by Gasteiger charge is 2.38. The Morgan fingerprint density at radius 1 is 1.37 bits per heavy atom. The van der Waals surface area contributed by atoms with Crippen LogP contribution < -0.4 is 10.6 Å². The third-order valence-corrected chi connectivity index (χ3v) is 3.87. The summed E-state index contributed by atoms with van der Waals surface area (Å²) < 4.78 is 0. The van der Waals surface area contributed by atoms with Gasteiger partial charge in [-0.3, -0.25) is 4.79 Å². The van der Waals surface area contributed by atoms with Gasteiger partial charge in [0.15, 0.2) is 0 Å². The van der Waals surface area contributed by atoms with Gasteiger partial charge >= 0.3 is 5.97 Å². The van der Waals surface area contributed by atoms with Crippen molar-refractivity contribution in [3.8, 4) is 0 Å². The standard InChI is InChI=1S/C15H22N2O2/c1-11(2)12-4-6-13(7-5-12)17-9-3-8-15(16,10-17)14(18)19/h4-7,11H,3,8-10,16H2,1-2H3,(H,18,19). The summed E-state index contributed by atoms with van der Waals surface area (Å²) in [6.07, 6.45) is 1.36. The van der Waals surface area contributed by atoms with Gasteiger partial charge in [0.25, 0.3) is 0 Å². The molecule has 1 atom stereocenters. The minimum atomic E-state index is -1.12. The van der Waals surface area contributed by atoms with Gasteiger partial charge in [-0.2, -0.15) is 0 Å². The molecule has 4 heteroatoms. The summed E-state index contributed by atoms with van der Waals surface area (Å²) in [5, 5.41) is 9.23. The number of nitrogens with two attached hydrogens (primary N) is 1. The Balaban J connectivity index is 2.15. The van der Waals surface area contributed by atoms with Gasteiger partial charge in [-0.25, -0.2) is 0 Å². The van der Waals surface area contributed by atoms with Crippen LogP contribution in [0.3, 0.4) is 0 Å². The number of carboxylic acid groups (broad SMARTS) is 1. The molecular weight excluding hydrogens is 240 g/mol. The van der Waals surface area contributed by atoms with Crippen LogP contribution in [0.5, 0.6) is 0 Å². The molecule has 1 saturated heterocycles. The fourth-order valence-electron chi connectivity index (χ4n) is 2.55. The highest BCUT2D eigenvalue weighted by Crippen LogP contribution is 2.26. The molecule has 1 aromatic carbocycles. The van der Waals surface area contributed by atoms with Crippen LogP contribution in [0.1, 0.15) is 38.2 Å². The predicted octanol–water partition coefficient (Wildman–Crippen LogP) is 2.19. The third-order valence-electron chi connectivity index (χ3n) is 3.87. The molecule has 1 aromatic rings. The molecule has 3 N–H and O–H groups in total. The van der Waals surface area contributed by atoms with Gasteiger partial charge < -0.3 is 15.7 Å². The van der Waals surface area contributed by atoms with Crippen molar-refractivity contribution in [1.29, 1.82) is 0 Å². The summed E-state index contributed by atoms with van der Waals surface area (Å²) in [5.74, 6) is -0.404. The van der Waals surface area contributed by atoms with Crippen molar-refractivity contribution in [2.24, 2.45) is 5.73 Å². The van der Waals surface area contributed by atoms with Gasteiger partial charge in [-0.05, 0) is 36.5 Å². The summed E-state index contributed by atoms with van der Waals surface area (Å²) in [7, 11) is 0. The van der Waals surface area contributed by atoms with Crippen molar-refractivity contribution < 1.29 is 9.90 Å². The number of benzene rings is 1. The second-order valence-electron chi connectivity index (χ2n) is 5.73. The average molecular weight is 262 g/mol. The van der Waals surface area contributed by atoms with Crippen molar-refractivity contribution in [2.75, 3.05) is 18.0 Å². The number of hydrogen-bond donors (Lipinski definition) is 2. The molecule has 2 rings (SSSR count). The minimum Gasteiger partial charge on any atom is -0.480 e. The van der Waals surface area contributed by atoms with E-state index in [1.807, 2.05) is 0 Å². The lowest BCUT2D eigenvalue weighted by molar-refractivity contribution is -0.143. The van der Waals surface area contributed by atoms with Crippen LogP contribution in [0.15, 0.2) is 24.3 Å². The molecule has 4 nitrogen and oxygen atoms in total. The lowest BCUT2D eigenvalue weighted by Crippen LogP contribution is -2.59. The molecule has 0 aliphatic carbocycles. The SMILES string of the molecule is CC(C)c1ccc(N2CCCC(N)(C(=O)O)C2)cc1. The second kappa shape index (κ2) is 5.21. The maximum absolute atomic E-state index is 11.2. The zero-order valence-electron chi connectivity index (χ0n) is 11.6. The summed E-state index contributed by atoms with van der Waals surface area (Å²) in [6, 6.07) is 8.33. The molecule has 1 unspecified atom stereocenters. The Labute approximate surface area is 114 Å². The second-order valence-corrected chi connectivity index (χ2v) is 5.73. The first-order valence-corrected chi connectivity index (χ1v) is 6.79. The molecule has 19 heavy (non-hydrogen) atoms. The summed E-state index contributed by atoms with van der Waals surface area (Å²) in [6.45, 7) is 5.56. The van der Waals surface area contributed by atoms with Crippen LogP contribution in [0.4, 0.5) is 5.69 Å². The summed E-state index contributed by atoms with van der Waals surface area (Å²) in [5.41, 5.74) is 7.20. The van der Waals surface area contributed by atoms with E-state index in [4.69, 9.17) is 5.73 Å². The molecular formula is C15H22N2O2. The monoisotopic (exact) mass is 262 g/mol. The number of nitrogens with zero attached hydrogens (tertiary/aromatic N) is 1. The van der Waals surface area contributed by atoms with Crippen LogP contribution >= 0.6 is 0 Å². The Morgan fingerprint density at radius 2 is 2.00 bits per heavy atom. The summed E-state index contributed by atoms with van der Waals surface area (Å²) in [4.78, 5) is 13.3. The Hall–Kier alpha value is -1.55. The van der Waals surface area contributed by atoms with Crippen LogP contribution in [-0.2, 0) is 4.79 Å². The molecule has 0 bridgehead atoms. The van der Waals surface area contributed by atoms with Gasteiger partial charge in [-0.15, -0.1) is 0 Å². The van der Waals surface area contributed by atoms with Gasteiger partial charge in [0, 0.05) is 18.8 Å². The van der Waals surface area contributed by atoms with Crippen molar-refractivity contribution >= 4 is 11.7 Å². The molecule has 0 amide bonds. The topological polar surface area (TPSA) is 66.6 Å².